The highest BCUT2D eigenvalue weighted by atomic mass is 79.9. The number of carbonyl (C=O) groups excluding carboxylic acids is 2. The fraction of sp³-hybridized carbons (Fsp3) is 0.167. The zero-order valence-electron chi connectivity index (χ0n) is 14.4. The van der Waals surface area contributed by atoms with Crippen LogP contribution >= 0.6 is 43.6 Å². The lowest BCUT2D eigenvalue weighted by Crippen LogP contribution is -2.28. The van der Waals surface area contributed by atoms with Crippen molar-refractivity contribution < 1.29 is 18.7 Å². The van der Waals surface area contributed by atoms with Gasteiger partial charge in [-0.3, -0.25) is 9.69 Å². The van der Waals surface area contributed by atoms with Gasteiger partial charge in [0.05, 0.1) is 27.7 Å². The SMILES string of the molecule is CCN1C(=O)C(=Cc2cc(Br)c(Br)o2)SC1=Nc1cccc(C(=O)OC)c1. The van der Waals surface area contributed by atoms with Gasteiger partial charge in [0.25, 0.3) is 5.91 Å². The smallest absolute Gasteiger partial charge is 0.337 e. The molecule has 1 fully saturated rings. The second-order valence-electron chi connectivity index (χ2n) is 5.37. The van der Waals surface area contributed by atoms with Gasteiger partial charge in [0.1, 0.15) is 5.76 Å². The molecule has 0 aliphatic carbocycles. The molecule has 1 amide bonds. The summed E-state index contributed by atoms with van der Waals surface area (Å²) >= 11 is 7.89. The highest BCUT2D eigenvalue weighted by molar-refractivity contribution is 9.13. The number of methoxy groups -OCH3 is 1. The van der Waals surface area contributed by atoms with Crippen LogP contribution in [0.4, 0.5) is 5.69 Å². The molecule has 1 aromatic heterocycles. The van der Waals surface area contributed by atoms with Crippen LogP contribution in [0.5, 0.6) is 0 Å². The molecule has 1 saturated heterocycles. The molecular weight excluding hydrogens is 500 g/mol. The third-order valence-corrected chi connectivity index (χ3v) is 6.35. The molecule has 2 aromatic rings. The topological polar surface area (TPSA) is 72.1 Å². The van der Waals surface area contributed by atoms with Crippen LogP contribution in [0.15, 0.2) is 53.8 Å². The van der Waals surface area contributed by atoms with Crippen LogP contribution in [0, 0.1) is 0 Å². The Balaban J connectivity index is 1.93. The van der Waals surface area contributed by atoms with Crippen molar-refractivity contribution in [3.05, 3.63) is 55.7 Å². The monoisotopic (exact) mass is 512 g/mol. The highest BCUT2D eigenvalue weighted by Gasteiger charge is 2.32. The summed E-state index contributed by atoms with van der Waals surface area (Å²) in [6, 6.07) is 8.53. The Kier molecular flexibility index (Phi) is 6.23. The fourth-order valence-electron chi connectivity index (χ4n) is 2.36. The number of amides is 1. The van der Waals surface area contributed by atoms with Gasteiger partial charge < -0.3 is 9.15 Å². The summed E-state index contributed by atoms with van der Waals surface area (Å²) in [5.41, 5.74) is 0.967. The maximum absolute atomic E-state index is 12.7. The van der Waals surface area contributed by atoms with Gasteiger partial charge in [0.15, 0.2) is 9.84 Å². The summed E-state index contributed by atoms with van der Waals surface area (Å²) in [7, 11) is 1.33. The molecule has 3 rings (SSSR count). The number of hydrogen-bond acceptors (Lipinski definition) is 6. The van der Waals surface area contributed by atoms with Crippen molar-refractivity contribution in [2.45, 2.75) is 6.92 Å². The Morgan fingerprint density at radius 2 is 2.15 bits per heavy atom. The Hall–Kier alpha value is -1.84. The van der Waals surface area contributed by atoms with Crippen molar-refractivity contribution in [3.63, 3.8) is 0 Å². The Morgan fingerprint density at radius 3 is 2.78 bits per heavy atom. The normalized spacial score (nSPS) is 17.2. The molecular formula is C18H14Br2N2O4S. The first-order valence-electron chi connectivity index (χ1n) is 7.86. The van der Waals surface area contributed by atoms with Gasteiger partial charge in [-0.05, 0) is 74.8 Å². The zero-order valence-corrected chi connectivity index (χ0v) is 18.4. The lowest BCUT2D eigenvalue weighted by atomic mass is 10.2. The van der Waals surface area contributed by atoms with E-state index in [4.69, 9.17) is 9.15 Å². The second kappa shape index (κ2) is 8.45. The van der Waals surface area contributed by atoms with Crippen LogP contribution in [-0.4, -0.2) is 35.6 Å². The van der Waals surface area contributed by atoms with Crippen molar-refractivity contribution in [1.29, 1.82) is 0 Å². The Bertz CT molecular complexity index is 949. The molecule has 0 unspecified atom stereocenters. The average molecular weight is 514 g/mol. The van der Waals surface area contributed by atoms with Gasteiger partial charge in [-0.15, -0.1) is 0 Å². The lowest BCUT2D eigenvalue weighted by Gasteiger charge is -2.12. The van der Waals surface area contributed by atoms with E-state index in [1.54, 1.807) is 41.3 Å². The van der Waals surface area contributed by atoms with E-state index in [1.165, 1.54) is 18.9 Å². The van der Waals surface area contributed by atoms with Gasteiger partial charge >= 0.3 is 5.97 Å². The third kappa shape index (κ3) is 4.36. The van der Waals surface area contributed by atoms with E-state index in [-0.39, 0.29) is 5.91 Å². The van der Waals surface area contributed by atoms with E-state index in [2.05, 4.69) is 36.9 Å². The van der Waals surface area contributed by atoms with Crippen molar-refractivity contribution in [3.8, 4) is 0 Å². The average Bonchev–Trinajstić information content (AvgIpc) is 3.13. The molecule has 6 nitrogen and oxygen atoms in total. The molecule has 1 aliphatic heterocycles. The van der Waals surface area contributed by atoms with E-state index in [0.717, 1.165) is 4.47 Å². The first-order chi connectivity index (χ1) is 12.9. The number of furan rings is 1. The van der Waals surface area contributed by atoms with Crippen LogP contribution in [0.2, 0.25) is 0 Å². The van der Waals surface area contributed by atoms with Crippen molar-refractivity contribution in [2.75, 3.05) is 13.7 Å². The van der Waals surface area contributed by atoms with Gasteiger partial charge in [0, 0.05) is 12.6 Å². The van der Waals surface area contributed by atoms with Crippen molar-refractivity contribution in [1.82, 2.24) is 4.90 Å². The molecule has 0 atom stereocenters. The maximum Gasteiger partial charge on any atom is 0.337 e. The predicted molar refractivity (Wildman–Crippen MR) is 112 cm³/mol. The largest absolute Gasteiger partial charge is 0.465 e. The number of hydrogen-bond donors (Lipinski definition) is 0. The van der Waals surface area contributed by atoms with Crippen LogP contribution < -0.4 is 0 Å². The van der Waals surface area contributed by atoms with E-state index in [1.807, 2.05) is 6.92 Å². The Labute approximate surface area is 176 Å². The number of halogens is 2. The molecule has 9 heteroatoms. The number of rotatable bonds is 4. The van der Waals surface area contributed by atoms with E-state index < -0.39 is 5.97 Å². The summed E-state index contributed by atoms with van der Waals surface area (Å²) < 4.78 is 11.6. The van der Waals surface area contributed by atoms with Gasteiger partial charge in [-0.1, -0.05) is 6.07 Å². The van der Waals surface area contributed by atoms with Gasteiger partial charge in [0.2, 0.25) is 0 Å². The second-order valence-corrected chi connectivity index (χ2v) is 7.95. The van der Waals surface area contributed by atoms with Gasteiger partial charge in [-0.25, -0.2) is 9.79 Å². The molecule has 0 saturated carbocycles. The molecule has 140 valence electrons. The number of carbonyl (C=O) groups is 2. The lowest BCUT2D eigenvalue weighted by molar-refractivity contribution is -0.122. The molecule has 0 bridgehead atoms. The molecule has 2 heterocycles. The van der Waals surface area contributed by atoms with Crippen LogP contribution in [0.25, 0.3) is 6.08 Å². The number of amidine groups is 1. The molecule has 0 spiro atoms. The maximum atomic E-state index is 12.7. The summed E-state index contributed by atoms with van der Waals surface area (Å²) in [6.07, 6.45) is 1.68. The number of aliphatic imine (C=N–C) groups is 1. The number of esters is 1. The van der Waals surface area contributed by atoms with Crippen molar-refractivity contribution >= 4 is 72.4 Å². The van der Waals surface area contributed by atoms with Crippen LogP contribution in [0.3, 0.4) is 0 Å². The Morgan fingerprint density at radius 1 is 1.37 bits per heavy atom. The number of nitrogens with zero attached hydrogens (tertiary/aromatic N) is 2. The zero-order chi connectivity index (χ0) is 19.6. The summed E-state index contributed by atoms with van der Waals surface area (Å²) in [5.74, 6) is -0.0299. The van der Waals surface area contributed by atoms with E-state index in [9.17, 15) is 9.59 Å². The number of thioether (sulfide) groups is 1. The van der Waals surface area contributed by atoms with E-state index in [0.29, 0.717) is 38.3 Å². The molecule has 27 heavy (non-hydrogen) atoms. The minimum atomic E-state index is -0.436. The first-order valence-corrected chi connectivity index (χ1v) is 10.3. The minimum absolute atomic E-state index is 0.144. The van der Waals surface area contributed by atoms with Crippen molar-refractivity contribution in [2.24, 2.45) is 4.99 Å². The summed E-state index contributed by atoms with van der Waals surface area (Å²) in [4.78, 5) is 31.0. The summed E-state index contributed by atoms with van der Waals surface area (Å²) in [5, 5.41) is 0.542. The van der Waals surface area contributed by atoms with E-state index >= 15 is 0 Å². The minimum Gasteiger partial charge on any atom is -0.465 e. The van der Waals surface area contributed by atoms with Gasteiger partial charge in [-0.2, -0.15) is 0 Å². The first kappa shape index (κ1) is 19.9. The number of benzene rings is 1. The number of ether oxygens (including phenoxy) is 1. The standard InChI is InChI=1S/C18H14Br2N2O4S/c1-3-22-16(23)14(9-12-8-13(19)15(20)26-12)27-18(22)21-11-6-4-5-10(7-11)17(24)25-2/h4-9H,3H2,1-2H3. The van der Waals surface area contributed by atoms with Crippen LogP contribution in [0.1, 0.15) is 23.0 Å². The molecule has 0 N–H and O–H groups in total. The molecule has 1 aromatic carbocycles. The molecule has 0 radical (unpaired) electrons. The third-order valence-electron chi connectivity index (χ3n) is 3.63. The fourth-order valence-corrected chi connectivity index (χ4v) is 4.02. The quantitative estimate of drug-likeness (QED) is 0.414. The number of likely N-dealkylation sites (N-methyl/N-ethyl adjacent to an activating group) is 1. The van der Waals surface area contributed by atoms with Crippen LogP contribution in [-0.2, 0) is 9.53 Å². The highest BCUT2D eigenvalue weighted by Crippen LogP contribution is 2.36. The predicted octanol–water partition coefficient (Wildman–Crippen LogP) is 5.22. The summed E-state index contributed by atoms with van der Waals surface area (Å²) in [6.45, 7) is 2.35. The molecule has 1 aliphatic rings.